The van der Waals surface area contributed by atoms with E-state index in [-0.39, 0.29) is 16.9 Å². The Labute approximate surface area is 192 Å². The molecule has 1 saturated heterocycles. The van der Waals surface area contributed by atoms with Gasteiger partial charge in [-0.05, 0) is 37.1 Å². The maximum absolute atomic E-state index is 13.5. The molecule has 34 heavy (non-hydrogen) atoms. The van der Waals surface area contributed by atoms with Crippen LogP contribution in [0.3, 0.4) is 0 Å². The number of anilines is 1. The number of nitrogens with one attached hydrogen (secondary N) is 2. The zero-order chi connectivity index (χ0) is 24.7. The first-order chi connectivity index (χ1) is 16.0. The van der Waals surface area contributed by atoms with E-state index < -0.39 is 37.2 Å². The molecular weight excluding hydrogens is 476 g/mol. The molecule has 12 heteroatoms. The molecule has 0 unspecified atom stereocenters. The van der Waals surface area contributed by atoms with Crippen molar-refractivity contribution in [3.8, 4) is 0 Å². The molecule has 3 heterocycles. The SMILES string of the molecule is Cc1c([C@@H](C)Nc2nc(C(F)F)nc3cnc(P4(=O)CCNCC4)cc23)cccc1C(F)(F)F. The monoisotopic (exact) mass is 499 g/mol. The molecule has 0 radical (unpaired) electrons. The molecule has 6 nitrogen and oxygen atoms in total. The predicted molar refractivity (Wildman–Crippen MR) is 120 cm³/mol. The van der Waals surface area contributed by atoms with Crippen LogP contribution < -0.4 is 16.1 Å². The van der Waals surface area contributed by atoms with Crippen molar-refractivity contribution in [3.63, 3.8) is 0 Å². The number of rotatable bonds is 5. The van der Waals surface area contributed by atoms with E-state index in [0.29, 0.717) is 41.8 Å². The lowest BCUT2D eigenvalue weighted by Gasteiger charge is -2.24. The van der Waals surface area contributed by atoms with E-state index in [2.05, 4.69) is 25.6 Å². The average molecular weight is 499 g/mol. The molecule has 1 atom stereocenters. The van der Waals surface area contributed by atoms with Crippen LogP contribution >= 0.6 is 7.14 Å². The highest BCUT2D eigenvalue weighted by atomic mass is 31.2. The van der Waals surface area contributed by atoms with Gasteiger partial charge in [-0.1, -0.05) is 12.1 Å². The number of nitrogens with zero attached hydrogens (tertiary/aromatic N) is 3. The van der Waals surface area contributed by atoms with E-state index in [0.717, 1.165) is 6.07 Å². The van der Waals surface area contributed by atoms with E-state index in [9.17, 15) is 26.5 Å². The molecule has 1 aromatic carbocycles. The highest BCUT2D eigenvalue weighted by molar-refractivity contribution is 7.71. The molecule has 0 bridgehead atoms. The van der Waals surface area contributed by atoms with Crippen LogP contribution in [0.4, 0.5) is 27.8 Å². The summed E-state index contributed by atoms with van der Waals surface area (Å²) in [6, 6.07) is 4.69. The summed E-state index contributed by atoms with van der Waals surface area (Å²) in [6.07, 6.45) is -5.34. The molecule has 1 fully saturated rings. The van der Waals surface area contributed by atoms with Gasteiger partial charge in [0.2, 0.25) is 0 Å². The molecular formula is C22H23F5N5OP. The fraction of sp³-hybridized carbons (Fsp3) is 0.409. The molecule has 0 saturated carbocycles. The maximum Gasteiger partial charge on any atom is 0.416 e. The van der Waals surface area contributed by atoms with E-state index in [1.165, 1.54) is 19.2 Å². The van der Waals surface area contributed by atoms with Crippen LogP contribution in [-0.2, 0) is 10.7 Å². The lowest BCUT2D eigenvalue weighted by molar-refractivity contribution is -0.138. The number of benzene rings is 1. The van der Waals surface area contributed by atoms with Gasteiger partial charge in [0, 0.05) is 30.8 Å². The quantitative estimate of drug-likeness (QED) is 0.378. The van der Waals surface area contributed by atoms with Crippen LogP contribution in [0.15, 0.2) is 30.5 Å². The Bertz CT molecular complexity index is 1260. The standard InChI is InChI=1S/C22H23F5N5OP/c1-12-14(4-3-5-16(12)22(25,26)27)13(2)30-20-15-10-18(34(33)8-6-28-7-9-34)29-11-17(15)31-21(32-20)19(23)24/h3-5,10-11,13,19,28H,6-9H2,1-2H3,(H,30,31,32)/t13-/m1/s1. The fourth-order valence-corrected chi connectivity index (χ4v) is 6.52. The van der Waals surface area contributed by atoms with Gasteiger partial charge in [0.1, 0.15) is 18.4 Å². The largest absolute Gasteiger partial charge is 0.416 e. The van der Waals surface area contributed by atoms with Gasteiger partial charge in [0.15, 0.2) is 5.82 Å². The van der Waals surface area contributed by atoms with Crippen LogP contribution in [-0.4, -0.2) is 40.4 Å². The van der Waals surface area contributed by atoms with Gasteiger partial charge in [-0.2, -0.15) is 13.2 Å². The number of aromatic nitrogens is 3. The summed E-state index contributed by atoms with van der Waals surface area (Å²) in [7, 11) is -2.78. The summed E-state index contributed by atoms with van der Waals surface area (Å²) >= 11 is 0. The second-order valence-electron chi connectivity index (χ2n) is 8.26. The Morgan fingerprint density at radius 1 is 1.15 bits per heavy atom. The molecule has 3 aromatic rings. The molecule has 1 aliphatic heterocycles. The third-order valence-electron chi connectivity index (χ3n) is 6.00. The third-order valence-corrected chi connectivity index (χ3v) is 8.97. The van der Waals surface area contributed by atoms with Crippen molar-refractivity contribution in [2.75, 3.05) is 30.7 Å². The van der Waals surface area contributed by atoms with Gasteiger partial charge >= 0.3 is 6.18 Å². The van der Waals surface area contributed by atoms with Gasteiger partial charge in [-0.3, -0.25) is 4.98 Å². The molecule has 4 rings (SSSR count). The van der Waals surface area contributed by atoms with E-state index in [1.807, 2.05) is 0 Å². The van der Waals surface area contributed by atoms with E-state index in [4.69, 9.17) is 0 Å². The summed E-state index contributed by atoms with van der Waals surface area (Å²) in [4.78, 5) is 12.1. The molecule has 2 aromatic heterocycles. The third kappa shape index (κ3) is 4.77. The fourth-order valence-electron chi connectivity index (χ4n) is 4.17. The highest BCUT2D eigenvalue weighted by Gasteiger charge is 2.33. The first kappa shape index (κ1) is 24.5. The van der Waals surface area contributed by atoms with Crippen molar-refractivity contribution in [3.05, 3.63) is 53.0 Å². The molecule has 2 N–H and O–H groups in total. The van der Waals surface area contributed by atoms with Crippen molar-refractivity contribution in [2.24, 2.45) is 0 Å². The van der Waals surface area contributed by atoms with Crippen LogP contribution in [0.5, 0.6) is 0 Å². The summed E-state index contributed by atoms with van der Waals surface area (Å²) in [5.41, 5.74) is 0.103. The topological polar surface area (TPSA) is 79.8 Å². The van der Waals surface area contributed by atoms with Crippen molar-refractivity contribution < 1.29 is 26.5 Å². The summed E-state index contributed by atoms with van der Waals surface area (Å²) in [6.45, 7) is 4.14. The first-order valence-corrected chi connectivity index (χ1v) is 12.8. The van der Waals surface area contributed by atoms with Gasteiger partial charge in [0.25, 0.3) is 6.43 Å². The lowest BCUT2D eigenvalue weighted by Crippen LogP contribution is -2.33. The van der Waals surface area contributed by atoms with E-state index >= 15 is 0 Å². The average Bonchev–Trinajstić information content (AvgIpc) is 2.78. The normalized spacial score (nSPS) is 17.2. The van der Waals surface area contributed by atoms with Crippen molar-refractivity contribution >= 4 is 29.3 Å². The van der Waals surface area contributed by atoms with Gasteiger partial charge in [0.05, 0.1) is 23.3 Å². The molecule has 0 amide bonds. The van der Waals surface area contributed by atoms with Gasteiger partial charge in [-0.15, -0.1) is 0 Å². The number of pyridine rings is 1. The Balaban J connectivity index is 1.79. The summed E-state index contributed by atoms with van der Waals surface area (Å²) in [5.74, 6) is -0.707. The highest BCUT2D eigenvalue weighted by Crippen LogP contribution is 2.45. The zero-order valence-electron chi connectivity index (χ0n) is 18.5. The van der Waals surface area contributed by atoms with Crippen molar-refractivity contribution in [2.45, 2.75) is 32.5 Å². The second kappa shape index (κ2) is 9.19. The van der Waals surface area contributed by atoms with Gasteiger partial charge in [-0.25, -0.2) is 18.7 Å². The summed E-state index contributed by atoms with van der Waals surface area (Å²) in [5, 5.41) is 6.45. The smallest absolute Gasteiger partial charge is 0.363 e. The number of halogens is 5. The Morgan fingerprint density at radius 3 is 2.50 bits per heavy atom. The number of hydrogen-bond acceptors (Lipinski definition) is 6. The number of alkyl halides is 5. The molecule has 0 aliphatic carbocycles. The van der Waals surface area contributed by atoms with Crippen LogP contribution in [0.2, 0.25) is 0 Å². The van der Waals surface area contributed by atoms with Gasteiger partial charge < -0.3 is 15.2 Å². The van der Waals surface area contributed by atoms with Crippen molar-refractivity contribution in [1.82, 2.24) is 20.3 Å². The minimum absolute atomic E-state index is 0.0231. The van der Waals surface area contributed by atoms with Crippen molar-refractivity contribution in [1.29, 1.82) is 0 Å². The van der Waals surface area contributed by atoms with Crippen LogP contribution in [0.25, 0.3) is 10.9 Å². The predicted octanol–water partition coefficient (Wildman–Crippen LogP) is 5.05. The second-order valence-corrected chi connectivity index (χ2v) is 11.4. The van der Waals surface area contributed by atoms with Crippen LogP contribution in [0.1, 0.15) is 41.9 Å². The Kier molecular flexibility index (Phi) is 6.61. The summed E-state index contributed by atoms with van der Waals surface area (Å²) < 4.78 is 80.4. The van der Waals surface area contributed by atoms with E-state index in [1.54, 1.807) is 19.1 Å². The number of hydrogen-bond donors (Lipinski definition) is 2. The molecule has 1 aliphatic rings. The Hall–Kier alpha value is -2.65. The lowest BCUT2D eigenvalue weighted by atomic mass is 9.97. The zero-order valence-corrected chi connectivity index (χ0v) is 19.4. The molecule has 0 spiro atoms. The number of fused-ring (bicyclic) bond motifs is 1. The first-order valence-electron chi connectivity index (χ1n) is 10.7. The molecule has 182 valence electrons. The Morgan fingerprint density at radius 2 is 1.85 bits per heavy atom. The maximum atomic E-state index is 13.5. The minimum Gasteiger partial charge on any atom is -0.363 e. The van der Waals surface area contributed by atoms with Crippen LogP contribution in [0, 0.1) is 6.92 Å². The minimum atomic E-state index is -4.52.